The van der Waals surface area contributed by atoms with Crippen molar-refractivity contribution >= 4 is 33.2 Å². The minimum Gasteiger partial charge on any atom is -0.497 e. The summed E-state index contributed by atoms with van der Waals surface area (Å²) in [6, 6.07) is 21.5. The lowest BCUT2D eigenvalue weighted by molar-refractivity contribution is -0.119. The molecule has 3 aromatic rings. The third kappa shape index (κ3) is 5.93. The number of hydrogen-bond acceptors (Lipinski definition) is 5. The zero-order valence-electron chi connectivity index (χ0n) is 17.4. The number of methoxy groups -OCH3 is 1. The Morgan fingerprint density at radius 1 is 1.00 bits per heavy atom. The summed E-state index contributed by atoms with van der Waals surface area (Å²) in [6.45, 7) is -0.0437. The first-order valence-corrected chi connectivity index (χ1v) is 11.6. The van der Waals surface area contributed by atoms with Gasteiger partial charge in [0.2, 0.25) is 5.91 Å². The molecule has 1 N–H and O–H groups in total. The van der Waals surface area contributed by atoms with Crippen LogP contribution in [0.2, 0.25) is 5.02 Å². The van der Waals surface area contributed by atoms with Crippen LogP contribution in [-0.4, -0.2) is 41.1 Å². The Bertz CT molecular complexity index is 1160. The summed E-state index contributed by atoms with van der Waals surface area (Å²) in [6.07, 6.45) is 0. The van der Waals surface area contributed by atoms with E-state index in [-0.39, 0.29) is 18.0 Å². The molecule has 3 aromatic carbocycles. The summed E-state index contributed by atoms with van der Waals surface area (Å²) < 4.78 is 38.4. The number of para-hydroxylation sites is 1. The zero-order chi connectivity index (χ0) is 23.0. The van der Waals surface area contributed by atoms with Crippen LogP contribution in [0, 0.1) is 0 Å². The smallest absolute Gasteiger partial charge is 0.264 e. The van der Waals surface area contributed by atoms with Gasteiger partial charge in [-0.25, -0.2) is 8.42 Å². The predicted molar refractivity (Wildman–Crippen MR) is 124 cm³/mol. The number of carbonyl (C=O) groups excluding carboxylic acids is 1. The van der Waals surface area contributed by atoms with Gasteiger partial charge in [0, 0.05) is 6.07 Å². The fourth-order valence-corrected chi connectivity index (χ4v) is 4.52. The standard InChI is InChI=1S/C23H23ClN2O5S/c1-30-19-9-7-8-18(16-19)26(32(28,29)20-10-3-2-4-11-20)17-23(27)25-14-15-31-22-13-6-5-12-21(22)24/h2-13,16H,14-15,17H2,1H3,(H,25,27). The zero-order valence-corrected chi connectivity index (χ0v) is 19.0. The highest BCUT2D eigenvalue weighted by Gasteiger charge is 2.27. The average Bonchev–Trinajstić information content (AvgIpc) is 2.82. The number of sulfonamides is 1. The van der Waals surface area contributed by atoms with Crippen molar-refractivity contribution in [3.8, 4) is 11.5 Å². The number of amides is 1. The second-order valence-electron chi connectivity index (χ2n) is 6.66. The van der Waals surface area contributed by atoms with E-state index in [1.54, 1.807) is 66.7 Å². The normalized spacial score (nSPS) is 10.9. The van der Waals surface area contributed by atoms with Gasteiger partial charge in [-0.3, -0.25) is 9.10 Å². The van der Waals surface area contributed by atoms with E-state index in [4.69, 9.17) is 21.1 Å². The van der Waals surface area contributed by atoms with Gasteiger partial charge in [0.25, 0.3) is 10.0 Å². The van der Waals surface area contributed by atoms with Crippen molar-refractivity contribution in [2.24, 2.45) is 0 Å². The summed E-state index contributed by atoms with van der Waals surface area (Å²) in [5, 5.41) is 3.15. The molecule has 0 spiro atoms. The first-order valence-electron chi connectivity index (χ1n) is 9.77. The number of benzene rings is 3. The highest BCUT2D eigenvalue weighted by atomic mass is 35.5. The van der Waals surface area contributed by atoms with Crippen LogP contribution in [0.25, 0.3) is 0 Å². The number of rotatable bonds is 10. The lowest BCUT2D eigenvalue weighted by atomic mass is 10.3. The van der Waals surface area contributed by atoms with Crippen LogP contribution < -0.4 is 19.1 Å². The molecule has 0 aliphatic heterocycles. The maximum atomic E-state index is 13.3. The molecule has 0 aliphatic rings. The molecule has 3 rings (SSSR count). The van der Waals surface area contributed by atoms with Gasteiger partial charge in [-0.05, 0) is 36.4 Å². The van der Waals surface area contributed by atoms with Gasteiger partial charge in [0.1, 0.15) is 24.7 Å². The quantitative estimate of drug-likeness (QED) is 0.452. The van der Waals surface area contributed by atoms with Crippen molar-refractivity contribution in [3.05, 3.63) is 83.9 Å². The molecule has 32 heavy (non-hydrogen) atoms. The van der Waals surface area contributed by atoms with Crippen molar-refractivity contribution < 1.29 is 22.7 Å². The van der Waals surface area contributed by atoms with E-state index in [2.05, 4.69) is 5.32 Å². The van der Waals surface area contributed by atoms with Gasteiger partial charge in [0.05, 0.1) is 29.3 Å². The molecule has 0 fully saturated rings. The molecule has 1 amide bonds. The molecule has 0 radical (unpaired) electrons. The van der Waals surface area contributed by atoms with Gasteiger partial charge in [-0.1, -0.05) is 48.0 Å². The van der Waals surface area contributed by atoms with Crippen molar-refractivity contribution in [3.63, 3.8) is 0 Å². The number of ether oxygens (including phenoxy) is 2. The number of nitrogens with one attached hydrogen (secondary N) is 1. The Balaban J connectivity index is 1.72. The van der Waals surface area contributed by atoms with Gasteiger partial charge < -0.3 is 14.8 Å². The van der Waals surface area contributed by atoms with E-state index in [0.29, 0.717) is 22.2 Å². The second kappa shape index (κ2) is 10.9. The lowest BCUT2D eigenvalue weighted by Gasteiger charge is -2.24. The van der Waals surface area contributed by atoms with Crippen LogP contribution in [0.3, 0.4) is 0 Å². The van der Waals surface area contributed by atoms with E-state index >= 15 is 0 Å². The first kappa shape index (κ1) is 23.4. The lowest BCUT2D eigenvalue weighted by Crippen LogP contribution is -2.41. The maximum absolute atomic E-state index is 13.3. The molecular weight excluding hydrogens is 452 g/mol. The Kier molecular flexibility index (Phi) is 7.97. The van der Waals surface area contributed by atoms with Crippen molar-refractivity contribution in [1.29, 1.82) is 0 Å². The molecule has 0 unspecified atom stereocenters. The SMILES string of the molecule is COc1cccc(N(CC(=O)NCCOc2ccccc2Cl)S(=O)(=O)c2ccccc2)c1. The van der Waals surface area contributed by atoms with E-state index < -0.39 is 22.5 Å². The fraction of sp³-hybridized carbons (Fsp3) is 0.174. The number of anilines is 1. The number of carbonyl (C=O) groups is 1. The highest BCUT2D eigenvalue weighted by Crippen LogP contribution is 2.27. The van der Waals surface area contributed by atoms with E-state index in [9.17, 15) is 13.2 Å². The van der Waals surface area contributed by atoms with Gasteiger partial charge >= 0.3 is 0 Å². The number of halogens is 1. The Morgan fingerprint density at radius 2 is 1.72 bits per heavy atom. The highest BCUT2D eigenvalue weighted by molar-refractivity contribution is 7.92. The molecular formula is C23H23ClN2O5S. The third-order valence-electron chi connectivity index (χ3n) is 4.48. The molecule has 0 aliphatic carbocycles. The van der Waals surface area contributed by atoms with Crippen molar-refractivity contribution in [2.75, 3.05) is 31.1 Å². The van der Waals surface area contributed by atoms with Crippen LogP contribution >= 0.6 is 11.6 Å². The van der Waals surface area contributed by atoms with Crippen LogP contribution in [0.15, 0.2) is 83.8 Å². The molecule has 0 atom stereocenters. The van der Waals surface area contributed by atoms with Gasteiger partial charge in [0.15, 0.2) is 0 Å². The Hall–Kier alpha value is -3.23. The molecule has 9 heteroatoms. The monoisotopic (exact) mass is 474 g/mol. The molecule has 168 valence electrons. The number of nitrogens with zero attached hydrogens (tertiary/aromatic N) is 1. The van der Waals surface area contributed by atoms with Crippen LogP contribution in [0.5, 0.6) is 11.5 Å². The second-order valence-corrected chi connectivity index (χ2v) is 8.92. The molecule has 0 saturated heterocycles. The van der Waals surface area contributed by atoms with Gasteiger partial charge in [-0.15, -0.1) is 0 Å². The maximum Gasteiger partial charge on any atom is 0.264 e. The Morgan fingerprint density at radius 3 is 2.44 bits per heavy atom. The van der Waals surface area contributed by atoms with E-state index in [1.165, 1.54) is 19.2 Å². The summed E-state index contributed by atoms with van der Waals surface area (Å²) in [5.41, 5.74) is 0.315. The molecule has 0 heterocycles. The molecule has 7 nitrogen and oxygen atoms in total. The summed E-state index contributed by atoms with van der Waals surface area (Å²) in [7, 11) is -2.50. The summed E-state index contributed by atoms with van der Waals surface area (Å²) >= 11 is 6.04. The fourth-order valence-electron chi connectivity index (χ4n) is 2.90. The minimum atomic E-state index is -3.99. The van der Waals surface area contributed by atoms with Crippen LogP contribution in [0.4, 0.5) is 5.69 Å². The molecule has 0 saturated carbocycles. The van der Waals surface area contributed by atoms with Gasteiger partial charge in [-0.2, -0.15) is 0 Å². The summed E-state index contributed by atoms with van der Waals surface area (Å²) in [4.78, 5) is 12.7. The topological polar surface area (TPSA) is 84.9 Å². The number of hydrogen-bond donors (Lipinski definition) is 1. The average molecular weight is 475 g/mol. The summed E-state index contributed by atoms with van der Waals surface area (Å²) in [5.74, 6) is 0.507. The van der Waals surface area contributed by atoms with E-state index in [1.807, 2.05) is 0 Å². The minimum absolute atomic E-state index is 0.0812. The van der Waals surface area contributed by atoms with E-state index in [0.717, 1.165) is 4.31 Å². The Labute approximate surface area is 192 Å². The molecule has 0 aromatic heterocycles. The van der Waals surface area contributed by atoms with Crippen molar-refractivity contribution in [2.45, 2.75) is 4.90 Å². The van der Waals surface area contributed by atoms with Crippen LogP contribution in [0.1, 0.15) is 0 Å². The molecule has 0 bridgehead atoms. The van der Waals surface area contributed by atoms with Crippen LogP contribution in [-0.2, 0) is 14.8 Å². The first-order chi connectivity index (χ1) is 15.4. The predicted octanol–water partition coefficient (Wildman–Crippen LogP) is 3.74. The largest absolute Gasteiger partial charge is 0.497 e. The third-order valence-corrected chi connectivity index (χ3v) is 6.58. The van der Waals surface area contributed by atoms with Crippen molar-refractivity contribution in [1.82, 2.24) is 5.32 Å².